The number of rotatable bonds is 6. The molecule has 0 aromatic carbocycles. The minimum atomic E-state index is 0.0601. The zero-order valence-electron chi connectivity index (χ0n) is 14.8. The summed E-state index contributed by atoms with van der Waals surface area (Å²) in [4.78, 5) is 20.0. The van der Waals surface area contributed by atoms with Crippen molar-refractivity contribution < 1.29 is 13.9 Å². The van der Waals surface area contributed by atoms with E-state index in [0.717, 1.165) is 54.6 Å². The summed E-state index contributed by atoms with van der Waals surface area (Å²) in [7, 11) is 0. The minimum absolute atomic E-state index is 0.0601. The third-order valence-corrected chi connectivity index (χ3v) is 5.53. The maximum absolute atomic E-state index is 12.8. The molecule has 1 amide bonds. The van der Waals surface area contributed by atoms with Gasteiger partial charge in [-0.1, -0.05) is 0 Å². The summed E-state index contributed by atoms with van der Waals surface area (Å²) in [6.45, 7) is 6.58. The smallest absolute Gasteiger partial charge is 0.265 e. The highest BCUT2D eigenvalue weighted by molar-refractivity contribution is 7.17. The number of aryl methyl sites for hydroxylation is 2. The fourth-order valence-corrected chi connectivity index (χ4v) is 3.95. The molecule has 25 heavy (non-hydrogen) atoms. The van der Waals surface area contributed by atoms with Crippen molar-refractivity contribution in [2.45, 2.75) is 39.2 Å². The molecule has 6 nitrogen and oxygen atoms in total. The van der Waals surface area contributed by atoms with Gasteiger partial charge in [-0.3, -0.25) is 4.79 Å². The number of furan rings is 1. The van der Waals surface area contributed by atoms with E-state index < -0.39 is 0 Å². The Bertz CT molecular complexity index is 717. The second kappa shape index (κ2) is 8.12. The van der Waals surface area contributed by atoms with Gasteiger partial charge < -0.3 is 19.8 Å². The molecular weight excluding hydrogens is 338 g/mol. The van der Waals surface area contributed by atoms with Crippen molar-refractivity contribution in [2.75, 3.05) is 26.2 Å². The Hall–Kier alpha value is -1.70. The van der Waals surface area contributed by atoms with Gasteiger partial charge in [-0.05, 0) is 51.8 Å². The van der Waals surface area contributed by atoms with E-state index in [1.807, 2.05) is 30.9 Å². The van der Waals surface area contributed by atoms with Gasteiger partial charge in [0, 0.05) is 19.7 Å². The lowest BCUT2D eigenvalue weighted by Gasteiger charge is -2.31. The molecule has 3 heterocycles. The lowest BCUT2D eigenvalue weighted by Crippen LogP contribution is -2.41. The number of nitrogens with two attached hydrogens (primary N) is 1. The molecule has 7 heteroatoms. The molecule has 1 fully saturated rings. The van der Waals surface area contributed by atoms with Crippen LogP contribution in [0.1, 0.15) is 40.4 Å². The number of nitrogens with zero attached hydrogens (tertiary/aromatic N) is 2. The van der Waals surface area contributed by atoms with Gasteiger partial charge in [0.05, 0.1) is 11.8 Å². The highest BCUT2D eigenvalue weighted by Gasteiger charge is 2.27. The number of ether oxygens (including phenoxy) is 1. The standard InChI is InChI=1S/C18H25N3O3S/c1-12-4-5-15(24-12)17-20-13(2)16(25-17)18(22)21-9-6-14(7-10-21)23-11-3-8-19/h4-5,14H,3,6-11,19H2,1-2H3. The summed E-state index contributed by atoms with van der Waals surface area (Å²) in [6.07, 6.45) is 2.87. The summed E-state index contributed by atoms with van der Waals surface area (Å²) >= 11 is 1.40. The van der Waals surface area contributed by atoms with Crippen molar-refractivity contribution in [2.24, 2.45) is 5.73 Å². The maximum Gasteiger partial charge on any atom is 0.265 e. The van der Waals surface area contributed by atoms with Crippen molar-refractivity contribution >= 4 is 17.2 Å². The van der Waals surface area contributed by atoms with Crippen LogP contribution in [0.5, 0.6) is 0 Å². The van der Waals surface area contributed by atoms with E-state index in [0.29, 0.717) is 18.0 Å². The van der Waals surface area contributed by atoms with E-state index in [1.54, 1.807) is 0 Å². The summed E-state index contributed by atoms with van der Waals surface area (Å²) in [6, 6.07) is 3.80. The molecule has 2 N–H and O–H groups in total. The van der Waals surface area contributed by atoms with Crippen LogP contribution in [0.3, 0.4) is 0 Å². The van der Waals surface area contributed by atoms with Crippen molar-refractivity contribution in [1.29, 1.82) is 0 Å². The average molecular weight is 363 g/mol. The van der Waals surface area contributed by atoms with Crippen molar-refractivity contribution in [3.8, 4) is 10.8 Å². The lowest BCUT2D eigenvalue weighted by molar-refractivity contribution is 0.00855. The molecule has 0 saturated carbocycles. The summed E-state index contributed by atoms with van der Waals surface area (Å²) in [5.41, 5.74) is 6.25. The lowest BCUT2D eigenvalue weighted by atomic mass is 10.1. The second-order valence-corrected chi connectivity index (χ2v) is 7.35. The Labute approximate surface area is 152 Å². The Morgan fingerprint density at radius 3 is 2.80 bits per heavy atom. The molecule has 1 saturated heterocycles. The van der Waals surface area contributed by atoms with E-state index in [4.69, 9.17) is 14.9 Å². The van der Waals surface area contributed by atoms with Crippen molar-refractivity contribution in [1.82, 2.24) is 9.88 Å². The summed E-state index contributed by atoms with van der Waals surface area (Å²) < 4.78 is 11.4. The van der Waals surface area contributed by atoms with Gasteiger partial charge in [-0.25, -0.2) is 4.98 Å². The van der Waals surface area contributed by atoms with Crippen LogP contribution < -0.4 is 5.73 Å². The van der Waals surface area contributed by atoms with E-state index in [9.17, 15) is 4.79 Å². The van der Waals surface area contributed by atoms with Gasteiger partial charge in [0.25, 0.3) is 5.91 Å². The van der Waals surface area contributed by atoms with E-state index in [2.05, 4.69) is 4.98 Å². The van der Waals surface area contributed by atoms with E-state index in [-0.39, 0.29) is 12.0 Å². The zero-order valence-corrected chi connectivity index (χ0v) is 15.6. The van der Waals surface area contributed by atoms with Crippen LogP contribution in [0.4, 0.5) is 0 Å². The van der Waals surface area contributed by atoms with Crippen LogP contribution in [0.2, 0.25) is 0 Å². The highest BCUT2D eigenvalue weighted by Crippen LogP contribution is 2.30. The number of thiazole rings is 1. The first-order valence-corrected chi connectivity index (χ1v) is 9.55. The molecule has 136 valence electrons. The second-order valence-electron chi connectivity index (χ2n) is 6.35. The molecule has 2 aromatic rings. The Balaban J connectivity index is 1.61. The molecule has 1 aliphatic rings. The van der Waals surface area contributed by atoms with Crippen LogP contribution in [-0.4, -0.2) is 48.1 Å². The monoisotopic (exact) mass is 363 g/mol. The first kappa shape index (κ1) is 18.1. The van der Waals surface area contributed by atoms with Crippen molar-refractivity contribution in [3.63, 3.8) is 0 Å². The minimum Gasteiger partial charge on any atom is -0.459 e. The average Bonchev–Trinajstić information content (AvgIpc) is 3.21. The number of amides is 1. The van der Waals surface area contributed by atoms with Crippen LogP contribution in [0.25, 0.3) is 10.8 Å². The van der Waals surface area contributed by atoms with Gasteiger partial charge in [0.15, 0.2) is 10.8 Å². The molecule has 0 unspecified atom stereocenters. The van der Waals surface area contributed by atoms with Gasteiger partial charge in [-0.2, -0.15) is 0 Å². The quantitative estimate of drug-likeness (QED) is 0.798. The van der Waals surface area contributed by atoms with E-state index >= 15 is 0 Å². The number of carbonyl (C=O) groups is 1. The van der Waals surface area contributed by atoms with Crippen LogP contribution >= 0.6 is 11.3 Å². The van der Waals surface area contributed by atoms with Crippen molar-refractivity contribution in [3.05, 3.63) is 28.5 Å². The molecule has 0 radical (unpaired) electrons. The van der Waals surface area contributed by atoms with E-state index in [1.165, 1.54) is 11.3 Å². The molecule has 0 aliphatic carbocycles. The van der Waals surface area contributed by atoms with Crippen LogP contribution in [-0.2, 0) is 4.74 Å². The summed E-state index contributed by atoms with van der Waals surface area (Å²) in [5, 5.41) is 0.758. The van der Waals surface area contributed by atoms with Gasteiger partial charge in [0.2, 0.25) is 0 Å². The molecule has 0 spiro atoms. The molecule has 1 aliphatic heterocycles. The summed E-state index contributed by atoms with van der Waals surface area (Å²) in [5.74, 6) is 1.62. The molecule has 0 bridgehead atoms. The number of carbonyl (C=O) groups excluding carboxylic acids is 1. The highest BCUT2D eigenvalue weighted by atomic mass is 32.1. The number of hydrogen-bond acceptors (Lipinski definition) is 6. The third kappa shape index (κ3) is 4.29. The first-order valence-electron chi connectivity index (χ1n) is 8.73. The van der Waals surface area contributed by atoms with Gasteiger partial charge in [-0.15, -0.1) is 11.3 Å². The Morgan fingerprint density at radius 1 is 1.40 bits per heavy atom. The maximum atomic E-state index is 12.8. The predicted molar refractivity (Wildman–Crippen MR) is 97.8 cm³/mol. The topological polar surface area (TPSA) is 81.6 Å². The fourth-order valence-electron chi connectivity index (χ4n) is 2.95. The van der Waals surface area contributed by atoms with Gasteiger partial charge >= 0.3 is 0 Å². The fraction of sp³-hybridized carbons (Fsp3) is 0.556. The third-order valence-electron chi connectivity index (χ3n) is 4.37. The number of piperidine rings is 1. The van der Waals surface area contributed by atoms with Crippen LogP contribution in [0.15, 0.2) is 16.5 Å². The number of aromatic nitrogens is 1. The largest absolute Gasteiger partial charge is 0.459 e. The SMILES string of the molecule is Cc1ccc(-c2nc(C)c(C(=O)N3CCC(OCCCN)CC3)s2)o1. The van der Waals surface area contributed by atoms with Crippen LogP contribution in [0, 0.1) is 13.8 Å². The number of likely N-dealkylation sites (tertiary alicyclic amines) is 1. The Morgan fingerprint density at radius 2 is 2.16 bits per heavy atom. The molecule has 3 rings (SSSR count). The molecular formula is C18H25N3O3S. The number of hydrogen-bond donors (Lipinski definition) is 1. The molecule has 2 aromatic heterocycles. The Kier molecular flexibility index (Phi) is 5.88. The predicted octanol–water partition coefficient (Wildman–Crippen LogP) is 2.99. The molecule has 0 atom stereocenters. The normalized spacial score (nSPS) is 15.7. The zero-order chi connectivity index (χ0) is 17.8. The first-order chi connectivity index (χ1) is 12.1. The van der Waals surface area contributed by atoms with Gasteiger partial charge in [0.1, 0.15) is 10.6 Å².